The van der Waals surface area contributed by atoms with Crippen LogP contribution in [-0.2, 0) is 0 Å². The molecule has 0 aromatic heterocycles. The van der Waals surface area contributed by atoms with Gasteiger partial charge in [-0.1, -0.05) is 45.2 Å². The van der Waals surface area contributed by atoms with Crippen molar-refractivity contribution in [3.8, 4) is 0 Å². The number of benzene rings is 1. The van der Waals surface area contributed by atoms with Crippen molar-refractivity contribution in [2.75, 3.05) is 0 Å². The fourth-order valence-electron chi connectivity index (χ4n) is 0.891. The molecule has 0 radical (unpaired) electrons. The molecule has 11 heavy (non-hydrogen) atoms. The zero-order valence-electron chi connectivity index (χ0n) is 5.94. The maximum atomic E-state index is 5.91. The lowest BCUT2D eigenvalue weighted by Gasteiger charge is -2.07. The third kappa shape index (κ3) is 2.11. The zero-order valence-corrected chi connectivity index (χ0v) is 9.04. The van der Waals surface area contributed by atoms with Crippen molar-refractivity contribution in [1.29, 1.82) is 0 Å². The van der Waals surface area contributed by atoms with Gasteiger partial charge in [-0.25, -0.2) is 0 Å². The average Bonchev–Trinajstić information content (AvgIpc) is 1.85. The molecule has 1 atom stereocenters. The van der Waals surface area contributed by atoms with Crippen LogP contribution in [0.2, 0.25) is 10.0 Å². The molecule has 0 N–H and O–H groups in total. The monoisotopic (exact) mass is 252 g/mol. The summed E-state index contributed by atoms with van der Waals surface area (Å²) in [6, 6.07) is 5.50. The van der Waals surface area contributed by atoms with E-state index in [2.05, 4.69) is 15.9 Å². The highest BCUT2D eigenvalue weighted by atomic mass is 79.9. The molecule has 1 aromatic rings. The summed E-state index contributed by atoms with van der Waals surface area (Å²) < 4.78 is 0. The second-order valence-electron chi connectivity index (χ2n) is 2.25. The molecule has 0 amide bonds. The standard InChI is InChI=1S/C8H7BrCl2/c1-5(9)8-6(10)3-2-4-7(8)11/h2-5H,1H3/t5-/m0/s1. The summed E-state index contributed by atoms with van der Waals surface area (Å²) in [7, 11) is 0. The van der Waals surface area contributed by atoms with Crippen LogP contribution < -0.4 is 0 Å². The van der Waals surface area contributed by atoms with Crippen molar-refractivity contribution in [1.82, 2.24) is 0 Å². The van der Waals surface area contributed by atoms with Gasteiger partial charge in [-0.2, -0.15) is 0 Å². The molecule has 1 aromatic carbocycles. The Bertz CT molecular complexity index is 238. The van der Waals surface area contributed by atoms with E-state index < -0.39 is 0 Å². The summed E-state index contributed by atoms with van der Waals surface area (Å²) in [6.45, 7) is 1.99. The first kappa shape index (κ1) is 9.37. The Balaban J connectivity index is 3.21. The first-order valence-electron chi connectivity index (χ1n) is 3.21. The first-order chi connectivity index (χ1) is 5.13. The molecule has 0 aliphatic carbocycles. The smallest absolute Gasteiger partial charge is 0.0464 e. The maximum absolute atomic E-state index is 5.91. The number of hydrogen-bond donors (Lipinski definition) is 0. The molecule has 0 aliphatic heterocycles. The fourth-order valence-corrected chi connectivity index (χ4v) is 2.37. The van der Waals surface area contributed by atoms with Crippen LogP contribution >= 0.6 is 39.1 Å². The summed E-state index contributed by atoms with van der Waals surface area (Å²) in [5, 5.41) is 1.42. The van der Waals surface area contributed by atoms with Crippen LogP contribution in [-0.4, -0.2) is 0 Å². The van der Waals surface area contributed by atoms with Crippen LogP contribution in [0.1, 0.15) is 17.3 Å². The summed E-state index contributed by atoms with van der Waals surface area (Å²) in [5.74, 6) is 0. The first-order valence-corrected chi connectivity index (χ1v) is 4.88. The quantitative estimate of drug-likeness (QED) is 0.649. The molecule has 0 heterocycles. The Morgan fingerprint density at radius 3 is 2.00 bits per heavy atom. The fraction of sp³-hybridized carbons (Fsp3) is 0.250. The molecule has 0 saturated heterocycles. The van der Waals surface area contributed by atoms with Gasteiger partial charge in [0, 0.05) is 20.4 Å². The molecule has 1 rings (SSSR count). The average molecular weight is 254 g/mol. The molecular formula is C8H7BrCl2. The van der Waals surface area contributed by atoms with Gasteiger partial charge in [0.2, 0.25) is 0 Å². The lowest BCUT2D eigenvalue weighted by atomic mass is 10.2. The molecule has 60 valence electrons. The Morgan fingerprint density at radius 1 is 1.27 bits per heavy atom. The molecule has 3 heteroatoms. The molecule has 0 saturated carbocycles. The van der Waals surface area contributed by atoms with E-state index in [9.17, 15) is 0 Å². The molecule has 0 nitrogen and oxygen atoms in total. The maximum Gasteiger partial charge on any atom is 0.0464 e. The Labute approximate surface area is 84.6 Å². The largest absolute Gasteiger partial charge is 0.0841 e. The zero-order chi connectivity index (χ0) is 8.43. The lowest BCUT2D eigenvalue weighted by molar-refractivity contribution is 1.12. The molecule has 0 unspecified atom stereocenters. The van der Waals surface area contributed by atoms with Crippen molar-refractivity contribution in [2.45, 2.75) is 11.8 Å². The van der Waals surface area contributed by atoms with Gasteiger partial charge in [0.05, 0.1) is 0 Å². The van der Waals surface area contributed by atoms with Crippen LogP contribution in [0.3, 0.4) is 0 Å². The van der Waals surface area contributed by atoms with Crippen LogP contribution in [0.4, 0.5) is 0 Å². The highest BCUT2D eigenvalue weighted by molar-refractivity contribution is 9.09. The minimum absolute atomic E-state index is 0.198. The van der Waals surface area contributed by atoms with Crippen molar-refractivity contribution in [3.63, 3.8) is 0 Å². The van der Waals surface area contributed by atoms with E-state index in [1.807, 2.05) is 25.1 Å². The second kappa shape index (κ2) is 3.79. The molecule has 0 spiro atoms. The number of alkyl halides is 1. The Morgan fingerprint density at radius 2 is 1.73 bits per heavy atom. The van der Waals surface area contributed by atoms with Gasteiger partial charge in [-0.15, -0.1) is 0 Å². The molecule has 0 bridgehead atoms. The topological polar surface area (TPSA) is 0 Å². The van der Waals surface area contributed by atoms with Crippen LogP contribution in [0.5, 0.6) is 0 Å². The minimum Gasteiger partial charge on any atom is -0.0841 e. The van der Waals surface area contributed by atoms with E-state index in [-0.39, 0.29) is 4.83 Å². The highest BCUT2D eigenvalue weighted by Gasteiger charge is 2.09. The number of rotatable bonds is 1. The molecule has 0 aliphatic rings. The van der Waals surface area contributed by atoms with Crippen LogP contribution in [0.25, 0.3) is 0 Å². The van der Waals surface area contributed by atoms with Crippen LogP contribution in [0.15, 0.2) is 18.2 Å². The minimum atomic E-state index is 0.198. The number of halogens is 3. The summed E-state index contributed by atoms with van der Waals surface area (Å²) >= 11 is 15.2. The lowest BCUT2D eigenvalue weighted by Crippen LogP contribution is -1.86. The molecule has 0 fully saturated rings. The van der Waals surface area contributed by atoms with E-state index in [1.54, 1.807) is 0 Å². The van der Waals surface area contributed by atoms with Crippen molar-refractivity contribution < 1.29 is 0 Å². The normalized spacial score (nSPS) is 13.1. The van der Waals surface area contributed by atoms with E-state index in [4.69, 9.17) is 23.2 Å². The Hall–Kier alpha value is 0.280. The van der Waals surface area contributed by atoms with E-state index in [0.717, 1.165) is 5.56 Å². The van der Waals surface area contributed by atoms with E-state index in [1.165, 1.54) is 0 Å². The van der Waals surface area contributed by atoms with E-state index >= 15 is 0 Å². The van der Waals surface area contributed by atoms with Gasteiger partial charge in [-0.3, -0.25) is 0 Å². The summed E-state index contributed by atoms with van der Waals surface area (Å²) in [4.78, 5) is 0.198. The van der Waals surface area contributed by atoms with Crippen LogP contribution in [0, 0.1) is 0 Å². The SMILES string of the molecule is C[C@H](Br)c1c(Cl)cccc1Cl. The molecular weight excluding hydrogens is 247 g/mol. The van der Waals surface area contributed by atoms with Gasteiger partial charge < -0.3 is 0 Å². The predicted octanol–water partition coefficient (Wildman–Crippen LogP) is 4.45. The van der Waals surface area contributed by atoms with Crippen molar-refractivity contribution >= 4 is 39.1 Å². The highest BCUT2D eigenvalue weighted by Crippen LogP contribution is 2.34. The third-order valence-electron chi connectivity index (χ3n) is 1.40. The van der Waals surface area contributed by atoms with Gasteiger partial charge in [-0.05, 0) is 19.1 Å². The van der Waals surface area contributed by atoms with Crippen molar-refractivity contribution in [3.05, 3.63) is 33.8 Å². The van der Waals surface area contributed by atoms with E-state index in [0.29, 0.717) is 10.0 Å². The van der Waals surface area contributed by atoms with Gasteiger partial charge in [0.15, 0.2) is 0 Å². The van der Waals surface area contributed by atoms with Crippen molar-refractivity contribution in [2.24, 2.45) is 0 Å². The predicted molar refractivity (Wildman–Crippen MR) is 53.8 cm³/mol. The van der Waals surface area contributed by atoms with Gasteiger partial charge in [0.1, 0.15) is 0 Å². The summed E-state index contributed by atoms with van der Waals surface area (Å²) in [6.07, 6.45) is 0. The van der Waals surface area contributed by atoms with Gasteiger partial charge in [0.25, 0.3) is 0 Å². The summed E-state index contributed by atoms with van der Waals surface area (Å²) in [5.41, 5.74) is 0.954. The number of hydrogen-bond acceptors (Lipinski definition) is 0. The third-order valence-corrected chi connectivity index (χ3v) is 2.51. The Kier molecular flexibility index (Phi) is 3.23. The van der Waals surface area contributed by atoms with Gasteiger partial charge >= 0.3 is 0 Å². The second-order valence-corrected chi connectivity index (χ2v) is 4.44.